The fourth-order valence-electron chi connectivity index (χ4n) is 1.69. The number of hydrogen-bond acceptors (Lipinski definition) is 3. The molecule has 1 amide bonds. The van der Waals surface area contributed by atoms with Gasteiger partial charge in [-0.25, -0.2) is 0 Å². The van der Waals surface area contributed by atoms with Gasteiger partial charge in [0.2, 0.25) is 5.91 Å². The summed E-state index contributed by atoms with van der Waals surface area (Å²) in [6, 6.07) is 3.65. The Morgan fingerprint density at radius 3 is 2.82 bits per heavy atom. The SMILES string of the molecule is Nc1cc(Br)cc(Br)c1NC(=O)C1CCSC1. The van der Waals surface area contributed by atoms with Crippen LogP contribution in [-0.4, -0.2) is 17.4 Å². The van der Waals surface area contributed by atoms with Crippen LogP contribution in [0.3, 0.4) is 0 Å². The highest BCUT2D eigenvalue weighted by molar-refractivity contribution is 9.11. The van der Waals surface area contributed by atoms with Crippen molar-refractivity contribution in [1.29, 1.82) is 0 Å². The van der Waals surface area contributed by atoms with Gasteiger partial charge in [0.05, 0.1) is 11.4 Å². The Balaban J connectivity index is 2.15. The molecule has 0 spiro atoms. The van der Waals surface area contributed by atoms with Crippen LogP contribution >= 0.6 is 43.6 Å². The molecule has 1 unspecified atom stereocenters. The van der Waals surface area contributed by atoms with Gasteiger partial charge in [0.15, 0.2) is 0 Å². The second-order valence-corrected chi connectivity index (χ2v) is 6.82. The molecule has 0 saturated carbocycles. The van der Waals surface area contributed by atoms with E-state index in [1.54, 1.807) is 6.07 Å². The number of carbonyl (C=O) groups is 1. The molecule has 1 aromatic carbocycles. The van der Waals surface area contributed by atoms with Gasteiger partial charge in [0, 0.05) is 20.6 Å². The third-order valence-corrected chi connectivity index (χ3v) is 4.88. The van der Waals surface area contributed by atoms with Crippen molar-refractivity contribution in [3.8, 4) is 0 Å². The first-order valence-corrected chi connectivity index (χ1v) is 7.95. The van der Waals surface area contributed by atoms with Crippen molar-refractivity contribution in [2.75, 3.05) is 22.6 Å². The quantitative estimate of drug-likeness (QED) is 0.773. The third-order valence-electron chi connectivity index (χ3n) is 2.63. The number of benzene rings is 1. The Bertz CT molecular complexity index is 424. The van der Waals surface area contributed by atoms with E-state index in [1.165, 1.54) is 0 Å². The van der Waals surface area contributed by atoms with E-state index in [0.717, 1.165) is 26.9 Å². The summed E-state index contributed by atoms with van der Waals surface area (Å²) in [5, 5.41) is 2.90. The molecule has 1 aromatic rings. The summed E-state index contributed by atoms with van der Waals surface area (Å²) in [7, 11) is 0. The van der Waals surface area contributed by atoms with Gasteiger partial charge >= 0.3 is 0 Å². The summed E-state index contributed by atoms with van der Waals surface area (Å²) in [6.07, 6.45) is 0.949. The molecule has 3 N–H and O–H groups in total. The number of hydrogen-bond donors (Lipinski definition) is 2. The zero-order chi connectivity index (χ0) is 12.4. The maximum Gasteiger partial charge on any atom is 0.228 e. The van der Waals surface area contributed by atoms with Crippen LogP contribution in [0.5, 0.6) is 0 Å². The van der Waals surface area contributed by atoms with Crippen molar-refractivity contribution in [2.24, 2.45) is 5.92 Å². The fraction of sp³-hybridized carbons (Fsp3) is 0.364. The van der Waals surface area contributed by atoms with E-state index in [0.29, 0.717) is 11.4 Å². The molecule has 0 aromatic heterocycles. The molecular weight excluding hydrogens is 368 g/mol. The molecule has 1 aliphatic heterocycles. The van der Waals surface area contributed by atoms with Crippen LogP contribution < -0.4 is 11.1 Å². The molecular formula is C11H12Br2N2OS. The van der Waals surface area contributed by atoms with Crippen molar-refractivity contribution in [3.63, 3.8) is 0 Å². The number of rotatable bonds is 2. The monoisotopic (exact) mass is 378 g/mol. The average Bonchev–Trinajstić information content (AvgIpc) is 2.76. The largest absolute Gasteiger partial charge is 0.397 e. The lowest BCUT2D eigenvalue weighted by Gasteiger charge is -2.13. The Labute approximate surface area is 121 Å². The first-order valence-electron chi connectivity index (χ1n) is 5.21. The first kappa shape index (κ1) is 13.2. The molecule has 92 valence electrons. The van der Waals surface area contributed by atoms with Gasteiger partial charge in [-0.05, 0) is 40.2 Å². The fourth-order valence-corrected chi connectivity index (χ4v) is 4.27. The van der Waals surface area contributed by atoms with Crippen LogP contribution in [-0.2, 0) is 4.79 Å². The number of nitrogen functional groups attached to an aromatic ring is 1. The Hall–Kier alpha value is -0.200. The van der Waals surface area contributed by atoms with E-state index in [9.17, 15) is 4.79 Å². The molecule has 1 atom stereocenters. The first-order chi connectivity index (χ1) is 8.08. The van der Waals surface area contributed by atoms with E-state index in [-0.39, 0.29) is 11.8 Å². The zero-order valence-electron chi connectivity index (χ0n) is 9.00. The number of nitrogens with one attached hydrogen (secondary N) is 1. The molecule has 6 heteroatoms. The number of thioether (sulfide) groups is 1. The van der Waals surface area contributed by atoms with E-state index in [4.69, 9.17) is 5.73 Å². The van der Waals surface area contributed by atoms with Crippen LogP contribution in [0.2, 0.25) is 0 Å². The third kappa shape index (κ3) is 3.17. The van der Waals surface area contributed by atoms with Crippen LogP contribution in [0.4, 0.5) is 11.4 Å². The lowest BCUT2D eigenvalue weighted by Crippen LogP contribution is -2.23. The minimum Gasteiger partial charge on any atom is -0.397 e. The maximum atomic E-state index is 12.0. The van der Waals surface area contributed by atoms with Gasteiger partial charge < -0.3 is 11.1 Å². The average molecular weight is 380 g/mol. The van der Waals surface area contributed by atoms with Gasteiger partial charge in [-0.3, -0.25) is 4.79 Å². The van der Waals surface area contributed by atoms with Gasteiger partial charge in [-0.2, -0.15) is 11.8 Å². The minimum absolute atomic E-state index is 0.0599. The van der Waals surface area contributed by atoms with E-state index in [2.05, 4.69) is 37.2 Å². The highest BCUT2D eigenvalue weighted by Gasteiger charge is 2.24. The van der Waals surface area contributed by atoms with Crippen LogP contribution in [0, 0.1) is 5.92 Å². The summed E-state index contributed by atoms with van der Waals surface area (Å²) in [5.74, 6) is 2.13. The van der Waals surface area contributed by atoms with Crippen molar-refractivity contribution >= 4 is 60.9 Å². The number of anilines is 2. The summed E-state index contributed by atoms with van der Waals surface area (Å²) >= 11 is 8.58. The molecule has 0 radical (unpaired) electrons. The van der Waals surface area contributed by atoms with E-state index in [1.807, 2.05) is 17.8 Å². The number of halogens is 2. The predicted octanol–water partition coefficient (Wildman–Crippen LogP) is 3.49. The number of carbonyl (C=O) groups excluding carboxylic acids is 1. The predicted molar refractivity (Wildman–Crippen MR) is 80.3 cm³/mol. The minimum atomic E-state index is 0.0599. The van der Waals surface area contributed by atoms with Crippen LogP contribution in [0.1, 0.15) is 6.42 Å². The Morgan fingerprint density at radius 2 is 2.24 bits per heavy atom. The smallest absolute Gasteiger partial charge is 0.228 e. The highest BCUT2D eigenvalue weighted by atomic mass is 79.9. The second-order valence-electron chi connectivity index (χ2n) is 3.90. The topological polar surface area (TPSA) is 55.1 Å². The Morgan fingerprint density at radius 1 is 1.47 bits per heavy atom. The Kier molecular flexibility index (Phi) is 4.38. The molecule has 1 saturated heterocycles. The summed E-state index contributed by atoms with van der Waals surface area (Å²) < 4.78 is 1.68. The number of nitrogens with two attached hydrogens (primary N) is 1. The lowest BCUT2D eigenvalue weighted by atomic mass is 10.1. The molecule has 3 nitrogen and oxygen atoms in total. The molecule has 2 rings (SSSR count). The van der Waals surface area contributed by atoms with Gasteiger partial charge in [0.25, 0.3) is 0 Å². The summed E-state index contributed by atoms with van der Waals surface area (Å²) in [6.45, 7) is 0. The standard InChI is InChI=1S/C11H12Br2N2OS/c12-7-3-8(13)10(9(14)4-7)15-11(16)6-1-2-17-5-6/h3-4,6H,1-2,5,14H2,(H,15,16). The highest BCUT2D eigenvalue weighted by Crippen LogP contribution is 2.33. The maximum absolute atomic E-state index is 12.0. The molecule has 17 heavy (non-hydrogen) atoms. The van der Waals surface area contributed by atoms with Crippen LogP contribution in [0.15, 0.2) is 21.1 Å². The second kappa shape index (κ2) is 5.63. The van der Waals surface area contributed by atoms with Crippen molar-refractivity contribution in [1.82, 2.24) is 0 Å². The van der Waals surface area contributed by atoms with Gasteiger partial charge in [-0.15, -0.1) is 0 Å². The molecule has 1 heterocycles. The lowest BCUT2D eigenvalue weighted by molar-refractivity contribution is -0.119. The van der Waals surface area contributed by atoms with E-state index >= 15 is 0 Å². The van der Waals surface area contributed by atoms with Crippen molar-refractivity contribution in [2.45, 2.75) is 6.42 Å². The number of amides is 1. The normalized spacial score (nSPS) is 19.3. The molecule has 1 fully saturated rings. The summed E-state index contributed by atoms with van der Waals surface area (Å²) in [4.78, 5) is 12.0. The molecule has 1 aliphatic rings. The molecule has 0 aliphatic carbocycles. The van der Waals surface area contributed by atoms with Crippen LogP contribution in [0.25, 0.3) is 0 Å². The van der Waals surface area contributed by atoms with Gasteiger partial charge in [0.1, 0.15) is 0 Å². The summed E-state index contributed by atoms with van der Waals surface area (Å²) in [5.41, 5.74) is 7.11. The zero-order valence-corrected chi connectivity index (χ0v) is 13.0. The van der Waals surface area contributed by atoms with Gasteiger partial charge in [-0.1, -0.05) is 15.9 Å². The molecule has 0 bridgehead atoms. The van der Waals surface area contributed by atoms with E-state index < -0.39 is 0 Å². The van der Waals surface area contributed by atoms with Crippen molar-refractivity contribution in [3.05, 3.63) is 21.1 Å². The van der Waals surface area contributed by atoms with Crippen molar-refractivity contribution < 1.29 is 4.79 Å².